The van der Waals surface area contributed by atoms with Crippen molar-refractivity contribution in [1.82, 2.24) is 9.88 Å². The van der Waals surface area contributed by atoms with Crippen LogP contribution in [0.25, 0.3) is 10.9 Å². The van der Waals surface area contributed by atoms with Gasteiger partial charge in [-0.1, -0.05) is 6.42 Å². The van der Waals surface area contributed by atoms with E-state index in [1.165, 1.54) is 25.0 Å². The van der Waals surface area contributed by atoms with Crippen LogP contribution < -0.4 is 5.73 Å². The van der Waals surface area contributed by atoms with Gasteiger partial charge in [0.25, 0.3) is 0 Å². The normalized spacial score (nSPS) is 23.9. The Balaban J connectivity index is 1.82. The SMILES string of the molecule is Nc1c2c(nc3cc(O)c(O)cc13)CCCC2C1CCCCN1CCO. The summed E-state index contributed by atoms with van der Waals surface area (Å²) in [6, 6.07) is 3.39. The van der Waals surface area contributed by atoms with E-state index >= 15 is 0 Å². The Hall–Kier alpha value is -2.05. The van der Waals surface area contributed by atoms with E-state index in [1.54, 1.807) is 0 Å². The molecule has 0 saturated carbocycles. The molecule has 140 valence electrons. The van der Waals surface area contributed by atoms with Gasteiger partial charge in [0.05, 0.1) is 12.1 Å². The van der Waals surface area contributed by atoms with Crippen LogP contribution in [0.15, 0.2) is 12.1 Å². The van der Waals surface area contributed by atoms with Crippen LogP contribution in [0.5, 0.6) is 11.5 Å². The lowest BCUT2D eigenvalue weighted by Crippen LogP contribution is -2.45. The van der Waals surface area contributed by atoms with Gasteiger partial charge in [0.1, 0.15) is 0 Å². The van der Waals surface area contributed by atoms with Crippen LogP contribution in [-0.2, 0) is 6.42 Å². The van der Waals surface area contributed by atoms with Gasteiger partial charge in [0, 0.05) is 46.9 Å². The highest BCUT2D eigenvalue weighted by atomic mass is 16.3. The fourth-order valence-corrected chi connectivity index (χ4v) is 4.88. The van der Waals surface area contributed by atoms with Crippen LogP contribution in [0.4, 0.5) is 5.69 Å². The summed E-state index contributed by atoms with van der Waals surface area (Å²) in [7, 11) is 0. The first-order chi connectivity index (χ1) is 12.6. The zero-order valence-electron chi connectivity index (χ0n) is 15.0. The molecule has 2 unspecified atom stereocenters. The van der Waals surface area contributed by atoms with Crippen molar-refractivity contribution in [3.63, 3.8) is 0 Å². The van der Waals surface area contributed by atoms with Gasteiger partial charge in [0.15, 0.2) is 11.5 Å². The third-order valence-corrected chi connectivity index (χ3v) is 6.05. The van der Waals surface area contributed by atoms with Crippen LogP contribution in [0.3, 0.4) is 0 Å². The van der Waals surface area contributed by atoms with E-state index in [-0.39, 0.29) is 18.1 Å². The molecule has 0 radical (unpaired) electrons. The molecule has 6 nitrogen and oxygen atoms in total. The summed E-state index contributed by atoms with van der Waals surface area (Å²) in [5.41, 5.74) is 10.0. The van der Waals surface area contributed by atoms with Gasteiger partial charge in [-0.2, -0.15) is 0 Å². The number of β-amino-alcohol motifs (C(OH)–C–C–N with tert-alkyl or cyclic N) is 1. The minimum Gasteiger partial charge on any atom is -0.504 e. The minimum atomic E-state index is -0.169. The predicted molar refractivity (Wildman–Crippen MR) is 101 cm³/mol. The second-order valence-corrected chi connectivity index (χ2v) is 7.57. The second kappa shape index (κ2) is 6.93. The van der Waals surface area contributed by atoms with Crippen LogP contribution in [0.1, 0.15) is 49.3 Å². The van der Waals surface area contributed by atoms with Gasteiger partial charge in [-0.3, -0.25) is 9.88 Å². The van der Waals surface area contributed by atoms with Crippen molar-refractivity contribution >= 4 is 16.6 Å². The number of aryl methyl sites for hydroxylation is 1. The van der Waals surface area contributed by atoms with Crippen LogP contribution in [0.2, 0.25) is 0 Å². The second-order valence-electron chi connectivity index (χ2n) is 7.57. The van der Waals surface area contributed by atoms with Crippen molar-refractivity contribution < 1.29 is 15.3 Å². The third kappa shape index (κ3) is 2.87. The number of aromatic nitrogens is 1. The predicted octanol–water partition coefficient (Wildman–Crippen LogP) is 2.49. The maximum Gasteiger partial charge on any atom is 0.159 e. The van der Waals surface area contributed by atoms with E-state index < -0.39 is 0 Å². The molecule has 2 aliphatic rings. The molecular weight excluding hydrogens is 330 g/mol. The van der Waals surface area contributed by atoms with E-state index in [1.807, 2.05) is 0 Å². The smallest absolute Gasteiger partial charge is 0.159 e. The zero-order chi connectivity index (χ0) is 18.3. The molecule has 1 aliphatic carbocycles. The van der Waals surface area contributed by atoms with Crippen LogP contribution >= 0.6 is 0 Å². The van der Waals surface area contributed by atoms with Gasteiger partial charge in [-0.05, 0) is 44.7 Å². The summed E-state index contributed by atoms with van der Waals surface area (Å²) in [5, 5.41) is 29.9. The number of aliphatic hydroxyl groups is 1. The van der Waals surface area contributed by atoms with Crippen molar-refractivity contribution in [2.75, 3.05) is 25.4 Å². The number of nitrogen functional groups attached to an aromatic ring is 1. The molecule has 2 atom stereocenters. The van der Waals surface area contributed by atoms with Crippen LogP contribution in [0, 0.1) is 0 Å². The summed E-state index contributed by atoms with van der Waals surface area (Å²) in [4.78, 5) is 7.18. The highest BCUT2D eigenvalue weighted by Crippen LogP contribution is 2.44. The Morgan fingerprint density at radius 1 is 1.12 bits per heavy atom. The number of pyridine rings is 1. The first-order valence-electron chi connectivity index (χ1n) is 9.59. The van der Waals surface area contributed by atoms with E-state index in [9.17, 15) is 15.3 Å². The minimum absolute atomic E-state index is 0.168. The van der Waals surface area contributed by atoms with Gasteiger partial charge in [0.2, 0.25) is 0 Å². The fourth-order valence-electron chi connectivity index (χ4n) is 4.88. The van der Waals surface area contributed by atoms with Gasteiger partial charge in [-0.15, -0.1) is 0 Å². The number of rotatable bonds is 3. The fraction of sp³-hybridized carbons (Fsp3) is 0.550. The van der Waals surface area contributed by atoms with Gasteiger partial charge >= 0.3 is 0 Å². The van der Waals surface area contributed by atoms with Crippen molar-refractivity contribution in [2.45, 2.75) is 50.5 Å². The molecule has 5 N–H and O–H groups in total. The van der Waals surface area contributed by atoms with E-state index in [0.29, 0.717) is 35.1 Å². The Morgan fingerprint density at radius 3 is 2.73 bits per heavy atom. The number of aliphatic hydroxyl groups excluding tert-OH is 1. The Bertz CT molecular complexity index is 822. The molecule has 1 saturated heterocycles. The summed E-state index contributed by atoms with van der Waals surface area (Å²) in [6.07, 6.45) is 6.52. The van der Waals surface area contributed by atoms with Crippen molar-refractivity contribution in [2.24, 2.45) is 0 Å². The van der Waals surface area contributed by atoms with Gasteiger partial charge < -0.3 is 21.1 Å². The average Bonchev–Trinajstić information content (AvgIpc) is 2.64. The molecular formula is C20H27N3O3. The first kappa shape index (κ1) is 17.4. The molecule has 6 heteroatoms. The molecule has 1 fully saturated rings. The Kier molecular flexibility index (Phi) is 4.63. The molecule has 1 aromatic heterocycles. The van der Waals surface area contributed by atoms with Crippen molar-refractivity contribution in [1.29, 1.82) is 0 Å². The number of piperidine rings is 1. The molecule has 0 amide bonds. The highest BCUT2D eigenvalue weighted by Gasteiger charge is 2.35. The number of nitrogens with zero attached hydrogens (tertiary/aromatic N) is 2. The quantitative estimate of drug-likeness (QED) is 0.630. The summed E-state index contributed by atoms with van der Waals surface area (Å²) in [6.45, 7) is 1.90. The Morgan fingerprint density at radius 2 is 1.92 bits per heavy atom. The molecule has 2 heterocycles. The number of hydrogen-bond donors (Lipinski definition) is 4. The average molecular weight is 357 g/mol. The topological polar surface area (TPSA) is 103 Å². The molecule has 2 aromatic rings. The third-order valence-electron chi connectivity index (χ3n) is 6.05. The number of likely N-dealkylation sites (tertiary alicyclic amines) is 1. The monoisotopic (exact) mass is 357 g/mol. The number of anilines is 1. The molecule has 1 aromatic carbocycles. The summed E-state index contributed by atoms with van der Waals surface area (Å²) < 4.78 is 0. The summed E-state index contributed by atoms with van der Waals surface area (Å²) >= 11 is 0. The van der Waals surface area contributed by atoms with Crippen molar-refractivity contribution in [3.8, 4) is 11.5 Å². The number of phenols is 2. The number of nitrogens with two attached hydrogens (primary N) is 1. The van der Waals surface area contributed by atoms with E-state index in [0.717, 1.165) is 43.5 Å². The standard InChI is InChI=1S/C20H27N3O3/c21-20-13-10-17(25)18(26)11-15(13)22-14-5-3-4-12(19(14)20)16-6-1-2-7-23(16)8-9-24/h10-12,16,24-26H,1-9H2,(H2,21,22). The van der Waals surface area contributed by atoms with E-state index in [4.69, 9.17) is 10.7 Å². The van der Waals surface area contributed by atoms with Gasteiger partial charge in [-0.25, -0.2) is 0 Å². The number of phenolic OH excluding ortho intramolecular Hbond substituents is 2. The maximum atomic E-state index is 9.90. The Labute approximate surface area is 153 Å². The van der Waals surface area contributed by atoms with Crippen molar-refractivity contribution in [3.05, 3.63) is 23.4 Å². The number of hydrogen-bond acceptors (Lipinski definition) is 6. The molecule has 26 heavy (non-hydrogen) atoms. The first-order valence-corrected chi connectivity index (χ1v) is 9.59. The van der Waals surface area contributed by atoms with E-state index in [2.05, 4.69) is 4.90 Å². The number of aromatic hydroxyl groups is 2. The van der Waals surface area contributed by atoms with Crippen LogP contribution in [-0.4, -0.2) is 50.9 Å². The lowest BCUT2D eigenvalue weighted by atomic mass is 9.76. The number of benzene rings is 1. The molecule has 0 spiro atoms. The lowest BCUT2D eigenvalue weighted by Gasteiger charge is -2.42. The summed E-state index contributed by atoms with van der Waals surface area (Å²) in [5.74, 6) is -0.0329. The maximum absolute atomic E-state index is 9.90. The largest absolute Gasteiger partial charge is 0.504 e. The molecule has 4 rings (SSSR count). The zero-order valence-corrected chi connectivity index (χ0v) is 15.0. The molecule has 0 bridgehead atoms. The highest BCUT2D eigenvalue weighted by molar-refractivity contribution is 5.94. The molecule has 1 aliphatic heterocycles. The lowest BCUT2D eigenvalue weighted by molar-refractivity contribution is 0.0950. The number of fused-ring (bicyclic) bond motifs is 2.